The number of hydrogen-bond acceptors (Lipinski definition) is 5. The summed E-state index contributed by atoms with van der Waals surface area (Å²) in [6.45, 7) is 7.42. The third-order valence-electron chi connectivity index (χ3n) is 7.02. The van der Waals surface area contributed by atoms with E-state index < -0.39 is 0 Å². The molecule has 0 spiro atoms. The first-order chi connectivity index (χ1) is 14.8. The Morgan fingerprint density at radius 3 is 2.70 bits per heavy atom. The van der Waals surface area contributed by atoms with Gasteiger partial charge in [0, 0.05) is 57.4 Å². The van der Waals surface area contributed by atoms with Gasteiger partial charge in [-0.1, -0.05) is 12.1 Å². The van der Waals surface area contributed by atoms with Crippen LogP contribution in [0.4, 0.5) is 0 Å². The number of rotatable bonds is 4. The van der Waals surface area contributed by atoms with Gasteiger partial charge in [0.15, 0.2) is 11.5 Å². The first-order valence-electron chi connectivity index (χ1n) is 11.6. The number of hydrogen-bond donors (Lipinski definition) is 0. The van der Waals surface area contributed by atoms with Crippen LogP contribution in [0.25, 0.3) is 0 Å². The maximum Gasteiger partial charge on any atom is 0.249 e. The summed E-state index contributed by atoms with van der Waals surface area (Å²) in [6, 6.07) is 6.78. The highest BCUT2D eigenvalue weighted by molar-refractivity contribution is 5.93. The molecule has 1 aliphatic carbocycles. The summed E-state index contributed by atoms with van der Waals surface area (Å²) in [5.41, 5.74) is 2.35. The maximum atomic E-state index is 12.9. The van der Waals surface area contributed by atoms with Crippen LogP contribution >= 0.6 is 0 Å². The third kappa shape index (κ3) is 4.35. The number of ether oxygens (including phenoxy) is 2. The summed E-state index contributed by atoms with van der Waals surface area (Å²) in [4.78, 5) is 20.2. The molecule has 4 aliphatic rings. The highest BCUT2D eigenvalue weighted by atomic mass is 16.7. The van der Waals surface area contributed by atoms with E-state index in [0.717, 1.165) is 82.1 Å². The number of piperidine rings is 1. The molecule has 0 bridgehead atoms. The number of nitrogens with zero attached hydrogens (tertiary/aromatic N) is 3. The van der Waals surface area contributed by atoms with E-state index in [1.165, 1.54) is 24.8 Å². The summed E-state index contributed by atoms with van der Waals surface area (Å²) < 4.78 is 10.9. The summed E-state index contributed by atoms with van der Waals surface area (Å²) in [6.07, 6.45) is 8.97. The minimum Gasteiger partial charge on any atom is -0.454 e. The van der Waals surface area contributed by atoms with Crippen LogP contribution in [-0.2, 0) is 11.3 Å². The molecule has 6 heteroatoms. The molecule has 0 saturated carbocycles. The van der Waals surface area contributed by atoms with Crippen LogP contribution < -0.4 is 9.47 Å². The molecular weight excluding hydrogens is 378 g/mol. The van der Waals surface area contributed by atoms with Crippen LogP contribution in [0.15, 0.2) is 29.8 Å². The van der Waals surface area contributed by atoms with Crippen molar-refractivity contribution >= 4 is 5.91 Å². The minimum absolute atomic E-state index is 0.306. The normalized spacial score (nSPS) is 25.3. The lowest BCUT2D eigenvalue weighted by Crippen LogP contribution is -2.55. The Kier molecular flexibility index (Phi) is 5.95. The Labute approximate surface area is 179 Å². The zero-order chi connectivity index (χ0) is 20.3. The fraction of sp³-hybridized carbons (Fsp3) is 0.625. The van der Waals surface area contributed by atoms with Crippen LogP contribution in [0, 0.1) is 0 Å². The topological polar surface area (TPSA) is 45.3 Å². The van der Waals surface area contributed by atoms with E-state index in [0.29, 0.717) is 18.7 Å². The Hall–Kier alpha value is -2.05. The number of fused-ring (bicyclic) bond motifs is 1. The average molecular weight is 412 g/mol. The number of piperazine rings is 1. The number of likely N-dealkylation sites (tertiary alicyclic amines) is 1. The lowest BCUT2D eigenvalue weighted by Gasteiger charge is -2.43. The highest BCUT2D eigenvalue weighted by Gasteiger charge is 2.31. The second-order valence-electron chi connectivity index (χ2n) is 9.02. The van der Waals surface area contributed by atoms with Gasteiger partial charge in [-0.05, 0) is 56.2 Å². The van der Waals surface area contributed by atoms with Gasteiger partial charge in [0.25, 0.3) is 0 Å². The van der Waals surface area contributed by atoms with Gasteiger partial charge in [-0.25, -0.2) is 0 Å². The van der Waals surface area contributed by atoms with Crippen molar-refractivity contribution in [2.45, 2.75) is 51.1 Å². The van der Waals surface area contributed by atoms with E-state index >= 15 is 0 Å². The van der Waals surface area contributed by atoms with Crippen molar-refractivity contribution in [1.29, 1.82) is 0 Å². The standard InChI is InChI=1S/C24H33N3O3/c28-24(20-5-2-1-3-6-20)27-10-4-7-21(17-27)26-13-11-25(12-14-26)16-19-8-9-22-23(15-19)30-18-29-22/h5,8-9,15,21H,1-4,6-7,10-14,16-18H2. The van der Waals surface area contributed by atoms with Crippen molar-refractivity contribution in [2.75, 3.05) is 46.1 Å². The molecule has 0 N–H and O–H groups in total. The Balaban J connectivity index is 1.12. The van der Waals surface area contributed by atoms with Gasteiger partial charge in [-0.2, -0.15) is 0 Å². The zero-order valence-electron chi connectivity index (χ0n) is 17.9. The zero-order valence-corrected chi connectivity index (χ0v) is 17.9. The number of benzene rings is 1. The third-order valence-corrected chi connectivity index (χ3v) is 7.02. The minimum atomic E-state index is 0.306. The van der Waals surface area contributed by atoms with Gasteiger partial charge >= 0.3 is 0 Å². The number of allylic oxidation sites excluding steroid dienone is 1. The molecule has 30 heavy (non-hydrogen) atoms. The van der Waals surface area contributed by atoms with E-state index in [-0.39, 0.29) is 0 Å². The molecule has 3 heterocycles. The lowest BCUT2D eigenvalue weighted by molar-refractivity contribution is -0.129. The summed E-state index contributed by atoms with van der Waals surface area (Å²) in [7, 11) is 0. The molecule has 2 saturated heterocycles. The average Bonchev–Trinajstić information content (AvgIpc) is 3.28. The SMILES string of the molecule is O=C(C1=CCCCC1)N1CCCC(N2CCN(Cc3ccc4c(c3)OCO4)CC2)C1. The number of amides is 1. The van der Waals surface area contributed by atoms with E-state index in [9.17, 15) is 4.79 Å². The number of carbonyl (C=O) groups is 1. The van der Waals surface area contributed by atoms with Gasteiger partial charge in [0.2, 0.25) is 12.7 Å². The Morgan fingerprint density at radius 2 is 1.87 bits per heavy atom. The quantitative estimate of drug-likeness (QED) is 0.762. The molecule has 0 radical (unpaired) electrons. The fourth-order valence-electron chi connectivity index (χ4n) is 5.26. The number of carbonyl (C=O) groups excluding carboxylic acids is 1. The van der Waals surface area contributed by atoms with Gasteiger partial charge in [-0.3, -0.25) is 14.6 Å². The van der Waals surface area contributed by atoms with Crippen LogP contribution in [0.5, 0.6) is 11.5 Å². The molecule has 2 fully saturated rings. The van der Waals surface area contributed by atoms with Gasteiger partial charge in [-0.15, -0.1) is 0 Å². The van der Waals surface area contributed by atoms with Crippen molar-refractivity contribution in [3.8, 4) is 11.5 Å². The molecule has 6 nitrogen and oxygen atoms in total. The van der Waals surface area contributed by atoms with E-state index in [1.807, 2.05) is 6.07 Å². The highest BCUT2D eigenvalue weighted by Crippen LogP contribution is 2.33. The van der Waals surface area contributed by atoms with Crippen LogP contribution in [0.2, 0.25) is 0 Å². The Bertz CT molecular complexity index is 801. The molecule has 1 atom stereocenters. The van der Waals surface area contributed by atoms with Crippen LogP contribution in [-0.4, -0.2) is 72.7 Å². The first kappa shape index (κ1) is 19.9. The molecule has 1 amide bonds. The summed E-state index contributed by atoms with van der Waals surface area (Å²) >= 11 is 0. The van der Waals surface area contributed by atoms with Crippen molar-refractivity contribution in [2.24, 2.45) is 0 Å². The molecule has 1 aromatic rings. The summed E-state index contributed by atoms with van der Waals surface area (Å²) in [5.74, 6) is 2.02. The molecule has 162 valence electrons. The Morgan fingerprint density at radius 1 is 1.00 bits per heavy atom. The van der Waals surface area contributed by atoms with E-state index in [4.69, 9.17) is 9.47 Å². The van der Waals surface area contributed by atoms with Crippen molar-refractivity contribution in [3.05, 3.63) is 35.4 Å². The van der Waals surface area contributed by atoms with Gasteiger partial charge < -0.3 is 14.4 Å². The molecular formula is C24H33N3O3. The second kappa shape index (κ2) is 8.98. The van der Waals surface area contributed by atoms with Crippen molar-refractivity contribution in [1.82, 2.24) is 14.7 Å². The first-order valence-corrected chi connectivity index (χ1v) is 11.6. The maximum absolute atomic E-state index is 12.9. The largest absolute Gasteiger partial charge is 0.454 e. The lowest BCUT2D eigenvalue weighted by atomic mass is 9.96. The van der Waals surface area contributed by atoms with Gasteiger partial charge in [0.05, 0.1) is 0 Å². The monoisotopic (exact) mass is 411 g/mol. The predicted molar refractivity (Wildman–Crippen MR) is 116 cm³/mol. The fourth-order valence-corrected chi connectivity index (χ4v) is 5.26. The molecule has 1 aromatic carbocycles. The predicted octanol–water partition coefficient (Wildman–Crippen LogP) is 3.02. The van der Waals surface area contributed by atoms with E-state index in [2.05, 4.69) is 32.9 Å². The van der Waals surface area contributed by atoms with E-state index in [1.54, 1.807) is 0 Å². The summed E-state index contributed by atoms with van der Waals surface area (Å²) in [5, 5.41) is 0. The molecule has 1 unspecified atom stereocenters. The molecule has 0 aromatic heterocycles. The van der Waals surface area contributed by atoms with Gasteiger partial charge in [0.1, 0.15) is 0 Å². The molecule has 3 aliphatic heterocycles. The van der Waals surface area contributed by atoms with Crippen molar-refractivity contribution < 1.29 is 14.3 Å². The smallest absolute Gasteiger partial charge is 0.249 e. The van der Waals surface area contributed by atoms with Crippen LogP contribution in [0.1, 0.15) is 44.1 Å². The molecule has 5 rings (SSSR count). The van der Waals surface area contributed by atoms with Crippen LogP contribution in [0.3, 0.4) is 0 Å². The van der Waals surface area contributed by atoms with Crippen molar-refractivity contribution in [3.63, 3.8) is 0 Å². The second-order valence-corrected chi connectivity index (χ2v) is 9.02.